The summed E-state index contributed by atoms with van der Waals surface area (Å²) in [6, 6.07) is 12.5. The Bertz CT molecular complexity index is 1300. The highest BCUT2D eigenvalue weighted by atomic mass is 35.5. The standard InChI is InChI=1S/C22H19Cl2N3O3S/c1-3-13-8-19-15(10-17(13)24)14(9-21(28)30-19)12-31-22-26-25-20(27(22)2)11-29-18-7-5-4-6-16(18)23/h4-10H,3,11-12H2,1-2H3. The van der Waals surface area contributed by atoms with Crippen molar-refractivity contribution < 1.29 is 9.15 Å². The van der Waals surface area contributed by atoms with Gasteiger partial charge in [-0.05, 0) is 41.8 Å². The number of para-hydroxylation sites is 1. The summed E-state index contributed by atoms with van der Waals surface area (Å²) in [5, 5.41) is 11.2. The summed E-state index contributed by atoms with van der Waals surface area (Å²) in [6.07, 6.45) is 0.759. The molecular formula is C22H19Cl2N3O3S. The number of thioether (sulfide) groups is 1. The number of hydrogen-bond acceptors (Lipinski definition) is 6. The molecule has 0 atom stereocenters. The third kappa shape index (κ3) is 4.74. The van der Waals surface area contributed by atoms with E-state index in [0.29, 0.717) is 38.1 Å². The Morgan fingerprint density at radius 3 is 2.68 bits per heavy atom. The van der Waals surface area contributed by atoms with E-state index in [0.717, 1.165) is 22.9 Å². The first-order valence-electron chi connectivity index (χ1n) is 9.59. The van der Waals surface area contributed by atoms with Gasteiger partial charge in [0.1, 0.15) is 17.9 Å². The lowest BCUT2D eigenvalue weighted by molar-refractivity contribution is 0.290. The minimum absolute atomic E-state index is 0.237. The van der Waals surface area contributed by atoms with Crippen LogP contribution in [-0.2, 0) is 25.8 Å². The van der Waals surface area contributed by atoms with Gasteiger partial charge in [-0.25, -0.2) is 4.79 Å². The maximum absolute atomic E-state index is 12.0. The highest BCUT2D eigenvalue weighted by molar-refractivity contribution is 7.98. The van der Waals surface area contributed by atoms with Crippen molar-refractivity contribution in [2.45, 2.75) is 30.9 Å². The van der Waals surface area contributed by atoms with Gasteiger partial charge in [-0.15, -0.1) is 10.2 Å². The van der Waals surface area contributed by atoms with E-state index >= 15 is 0 Å². The van der Waals surface area contributed by atoms with Gasteiger partial charge >= 0.3 is 5.63 Å². The molecule has 0 radical (unpaired) electrons. The zero-order valence-corrected chi connectivity index (χ0v) is 19.2. The van der Waals surface area contributed by atoms with E-state index in [-0.39, 0.29) is 12.2 Å². The summed E-state index contributed by atoms with van der Waals surface area (Å²) < 4.78 is 13.0. The summed E-state index contributed by atoms with van der Waals surface area (Å²) in [4.78, 5) is 12.0. The number of ether oxygens (including phenoxy) is 1. The van der Waals surface area contributed by atoms with Crippen LogP contribution >= 0.6 is 35.0 Å². The molecule has 2 heterocycles. The summed E-state index contributed by atoms with van der Waals surface area (Å²) in [6.45, 7) is 2.24. The lowest BCUT2D eigenvalue weighted by atomic mass is 10.1. The molecular weight excluding hydrogens is 457 g/mol. The minimum Gasteiger partial charge on any atom is -0.484 e. The Morgan fingerprint density at radius 1 is 1.10 bits per heavy atom. The highest BCUT2D eigenvalue weighted by Crippen LogP contribution is 2.30. The Balaban J connectivity index is 1.52. The fourth-order valence-electron chi connectivity index (χ4n) is 3.12. The van der Waals surface area contributed by atoms with Crippen molar-refractivity contribution in [2.24, 2.45) is 7.05 Å². The first-order chi connectivity index (χ1) is 15.0. The molecule has 0 N–H and O–H groups in total. The molecule has 160 valence electrons. The summed E-state index contributed by atoms with van der Waals surface area (Å²) in [7, 11) is 1.87. The van der Waals surface area contributed by atoms with Crippen LogP contribution in [0.5, 0.6) is 5.75 Å². The van der Waals surface area contributed by atoms with Crippen molar-refractivity contribution in [3.63, 3.8) is 0 Å². The van der Waals surface area contributed by atoms with Crippen LogP contribution in [0.3, 0.4) is 0 Å². The molecule has 9 heteroatoms. The van der Waals surface area contributed by atoms with Gasteiger partial charge in [-0.1, -0.05) is 54.0 Å². The van der Waals surface area contributed by atoms with E-state index in [2.05, 4.69) is 10.2 Å². The first-order valence-corrected chi connectivity index (χ1v) is 11.3. The summed E-state index contributed by atoms with van der Waals surface area (Å²) in [5.41, 5.74) is 1.92. The van der Waals surface area contributed by atoms with E-state index in [1.54, 1.807) is 12.1 Å². The second-order valence-electron chi connectivity index (χ2n) is 6.85. The smallest absolute Gasteiger partial charge is 0.336 e. The van der Waals surface area contributed by atoms with Crippen LogP contribution in [0.4, 0.5) is 0 Å². The second kappa shape index (κ2) is 9.34. The van der Waals surface area contributed by atoms with Gasteiger partial charge in [0.05, 0.1) is 5.02 Å². The summed E-state index contributed by atoms with van der Waals surface area (Å²) in [5.74, 6) is 1.77. The van der Waals surface area contributed by atoms with Crippen LogP contribution in [0.2, 0.25) is 10.0 Å². The molecule has 2 aromatic carbocycles. The average molecular weight is 476 g/mol. The van der Waals surface area contributed by atoms with E-state index < -0.39 is 0 Å². The Kier molecular flexibility index (Phi) is 6.55. The molecule has 0 unspecified atom stereocenters. The molecule has 4 aromatic rings. The van der Waals surface area contributed by atoms with Crippen molar-refractivity contribution in [3.05, 3.63) is 79.9 Å². The van der Waals surface area contributed by atoms with Crippen LogP contribution in [0, 0.1) is 0 Å². The van der Waals surface area contributed by atoms with Gasteiger partial charge in [0.2, 0.25) is 0 Å². The number of benzene rings is 2. The van der Waals surface area contributed by atoms with Crippen LogP contribution in [0.1, 0.15) is 23.9 Å². The van der Waals surface area contributed by atoms with Crippen LogP contribution in [-0.4, -0.2) is 14.8 Å². The molecule has 0 spiro atoms. The molecule has 0 aliphatic carbocycles. The Labute approximate surface area is 193 Å². The van der Waals surface area contributed by atoms with Crippen LogP contribution < -0.4 is 10.4 Å². The molecule has 0 bridgehead atoms. The van der Waals surface area contributed by atoms with Gasteiger partial charge in [0.15, 0.2) is 11.0 Å². The van der Waals surface area contributed by atoms with E-state index in [1.807, 2.05) is 42.8 Å². The fourth-order valence-corrected chi connectivity index (χ4v) is 4.53. The van der Waals surface area contributed by atoms with Crippen molar-refractivity contribution in [1.82, 2.24) is 14.8 Å². The molecule has 0 aliphatic rings. The van der Waals surface area contributed by atoms with Crippen molar-refractivity contribution in [1.29, 1.82) is 0 Å². The lowest BCUT2D eigenvalue weighted by Gasteiger charge is -2.09. The van der Waals surface area contributed by atoms with Gasteiger partial charge in [-0.2, -0.15) is 0 Å². The zero-order valence-electron chi connectivity index (χ0n) is 16.9. The average Bonchev–Trinajstić information content (AvgIpc) is 3.10. The van der Waals surface area contributed by atoms with E-state index in [9.17, 15) is 4.79 Å². The predicted octanol–water partition coefficient (Wildman–Crippen LogP) is 5.66. The number of nitrogens with zero attached hydrogens (tertiary/aromatic N) is 3. The van der Waals surface area contributed by atoms with Gasteiger partial charge in [0.25, 0.3) is 0 Å². The molecule has 31 heavy (non-hydrogen) atoms. The minimum atomic E-state index is -0.390. The highest BCUT2D eigenvalue weighted by Gasteiger charge is 2.14. The molecule has 0 aliphatic heterocycles. The van der Waals surface area contributed by atoms with Crippen molar-refractivity contribution in [3.8, 4) is 5.75 Å². The van der Waals surface area contributed by atoms with E-state index in [4.69, 9.17) is 32.4 Å². The molecule has 0 saturated heterocycles. The number of rotatable bonds is 7. The topological polar surface area (TPSA) is 70.2 Å². The van der Waals surface area contributed by atoms with Crippen LogP contribution in [0.15, 0.2) is 56.8 Å². The summed E-state index contributed by atoms with van der Waals surface area (Å²) >= 11 is 14.0. The maximum Gasteiger partial charge on any atom is 0.336 e. The first kappa shape index (κ1) is 21.7. The third-order valence-electron chi connectivity index (χ3n) is 4.85. The number of hydrogen-bond donors (Lipinski definition) is 0. The van der Waals surface area contributed by atoms with Crippen molar-refractivity contribution in [2.75, 3.05) is 0 Å². The number of aromatic nitrogens is 3. The second-order valence-corrected chi connectivity index (χ2v) is 8.61. The van der Waals surface area contributed by atoms with Crippen LogP contribution in [0.25, 0.3) is 11.0 Å². The van der Waals surface area contributed by atoms with E-state index in [1.165, 1.54) is 17.8 Å². The monoisotopic (exact) mass is 475 g/mol. The largest absolute Gasteiger partial charge is 0.484 e. The number of aryl methyl sites for hydroxylation is 1. The Hall–Kier alpha value is -2.48. The molecule has 2 aromatic heterocycles. The quantitative estimate of drug-likeness (QED) is 0.253. The number of fused-ring (bicyclic) bond motifs is 1. The van der Waals surface area contributed by atoms with Crippen molar-refractivity contribution >= 4 is 45.9 Å². The molecule has 4 rings (SSSR count). The van der Waals surface area contributed by atoms with Gasteiger partial charge in [-0.3, -0.25) is 0 Å². The third-order valence-corrected chi connectivity index (χ3v) is 6.59. The molecule has 0 fully saturated rings. The molecule has 6 nitrogen and oxygen atoms in total. The normalized spacial score (nSPS) is 11.2. The maximum atomic E-state index is 12.0. The zero-order chi connectivity index (χ0) is 22.0. The number of halogens is 2. The Morgan fingerprint density at radius 2 is 1.90 bits per heavy atom. The SMILES string of the molecule is CCc1cc2oc(=O)cc(CSc3nnc(COc4ccccc4Cl)n3C)c2cc1Cl. The predicted molar refractivity (Wildman–Crippen MR) is 123 cm³/mol. The molecule has 0 amide bonds. The van der Waals surface area contributed by atoms with Gasteiger partial charge < -0.3 is 13.7 Å². The van der Waals surface area contributed by atoms with Gasteiger partial charge in [0, 0.05) is 29.3 Å². The lowest BCUT2D eigenvalue weighted by Crippen LogP contribution is -2.05. The molecule has 0 saturated carbocycles. The fraction of sp³-hybridized carbons (Fsp3) is 0.227.